The van der Waals surface area contributed by atoms with Gasteiger partial charge >= 0.3 is 0 Å². The molecule has 1 aliphatic heterocycles. The van der Waals surface area contributed by atoms with Gasteiger partial charge in [0.15, 0.2) is 0 Å². The smallest absolute Gasteiger partial charge is 0.223 e. The van der Waals surface area contributed by atoms with E-state index in [1.165, 1.54) is 5.56 Å². The molecule has 0 aromatic heterocycles. The molecule has 2 aliphatic rings. The van der Waals surface area contributed by atoms with Crippen molar-refractivity contribution in [3.8, 4) is 0 Å². The van der Waals surface area contributed by atoms with E-state index in [4.69, 9.17) is 0 Å². The molecule has 1 saturated carbocycles. The Morgan fingerprint density at radius 1 is 1.41 bits per heavy atom. The Balaban J connectivity index is 0.00000176. The van der Waals surface area contributed by atoms with Crippen LogP contribution in [-0.2, 0) is 4.79 Å². The summed E-state index contributed by atoms with van der Waals surface area (Å²) in [5.74, 6) is 0.813. The summed E-state index contributed by atoms with van der Waals surface area (Å²) in [4.78, 5) is 12.3. The van der Waals surface area contributed by atoms with E-state index in [0.29, 0.717) is 5.92 Å². The zero-order chi connectivity index (χ0) is 14.9. The molecule has 2 N–H and O–H groups in total. The SMILES string of the molecule is CC1(CNC(=O)C2CC2c2cccc(Br)c2)CCNCC1.Cl. The van der Waals surface area contributed by atoms with Gasteiger partial charge in [-0.3, -0.25) is 4.79 Å². The molecule has 1 aromatic rings. The average molecular weight is 388 g/mol. The molecule has 1 aromatic carbocycles. The summed E-state index contributed by atoms with van der Waals surface area (Å²) in [5.41, 5.74) is 1.54. The molecule has 1 saturated heterocycles. The first-order valence-corrected chi connectivity index (χ1v) is 8.61. The molecular weight excluding hydrogens is 364 g/mol. The quantitative estimate of drug-likeness (QED) is 0.830. The highest BCUT2D eigenvalue weighted by Gasteiger charge is 2.44. The second-order valence-corrected chi connectivity index (χ2v) is 7.70. The lowest BCUT2D eigenvalue weighted by atomic mass is 9.81. The molecule has 5 heteroatoms. The maximum absolute atomic E-state index is 12.3. The van der Waals surface area contributed by atoms with Crippen molar-refractivity contribution in [1.82, 2.24) is 10.6 Å². The topological polar surface area (TPSA) is 41.1 Å². The van der Waals surface area contributed by atoms with Crippen molar-refractivity contribution in [2.24, 2.45) is 11.3 Å². The monoisotopic (exact) mass is 386 g/mol. The standard InChI is InChI=1S/C17H23BrN2O.ClH/c1-17(5-7-19-8-6-17)11-20-16(21)15-10-14(15)12-3-2-4-13(18)9-12;/h2-4,9,14-15,19H,5-8,10-11H2,1H3,(H,20,21);1H. The molecule has 1 amide bonds. The molecule has 0 spiro atoms. The predicted octanol–water partition coefficient (Wildman–Crippen LogP) is 3.48. The van der Waals surface area contributed by atoms with Crippen LogP contribution in [0, 0.1) is 11.3 Å². The Kier molecular flexibility index (Phi) is 5.92. The summed E-state index contributed by atoms with van der Waals surface area (Å²) < 4.78 is 1.09. The van der Waals surface area contributed by atoms with Crippen molar-refractivity contribution in [2.75, 3.05) is 19.6 Å². The van der Waals surface area contributed by atoms with Crippen molar-refractivity contribution < 1.29 is 4.79 Å². The van der Waals surface area contributed by atoms with Crippen molar-refractivity contribution in [3.63, 3.8) is 0 Å². The van der Waals surface area contributed by atoms with E-state index < -0.39 is 0 Å². The number of halogens is 2. The van der Waals surface area contributed by atoms with Gasteiger partial charge in [0.2, 0.25) is 5.91 Å². The van der Waals surface area contributed by atoms with Gasteiger partial charge in [-0.2, -0.15) is 0 Å². The third kappa shape index (κ3) is 4.24. The molecule has 1 heterocycles. The van der Waals surface area contributed by atoms with E-state index in [0.717, 1.165) is 43.4 Å². The van der Waals surface area contributed by atoms with Crippen molar-refractivity contribution >= 4 is 34.2 Å². The second-order valence-electron chi connectivity index (χ2n) is 6.78. The third-order valence-electron chi connectivity index (χ3n) is 4.90. The number of amides is 1. The second kappa shape index (κ2) is 7.33. The van der Waals surface area contributed by atoms with Crippen LogP contribution in [-0.4, -0.2) is 25.5 Å². The molecule has 2 fully saturated rings. The Morgan fingerprint density at radius 3 is 2.82 bits per heavy atom. The summed E-state index contributed by atoms with van der Waals surface area (Å²) in [6.07, 6.45) is 3.28. The highest BCUT2D eigenvalue weighted by Crippen LogP contribution is 2.48. The lowest BCUT2D eigenvalue weighted by Crippen LogP contribution is -2.43. The van der Waals surface area contributed by atoms with Crippen LogP contribution in [0.3, 0.4) is 0 Å². The van der Waals surface area contributed by atoms with Gasteiger partial charge in [-0.1, -0.05) is 35.0 Å². The van der Waals surface area contributed by atoms with Gasteiger partial charge < -0.3 is 10.6 Å². The van der Waals surface area contributed by atoms with Crippen LogP contribution in [0.2, 0.25) is 0 Å². The Bertz CT molecular complexity index is 531. The molecule has 122 valence electrons. The van der Waals surface area contributed by atoms with E-state index in [2.05, 4.69) is 45.6 Å². The Labute approximate surface area is 147 Å². The van der Waals surface area contributed by atoms with E-state index in [-0.39, 0.29) is 29.6 Å². The van der Waals surface area contributed by atoms with Crippen LogP contribution in [0.15, 0.2) is 28.7 Å². The molecular formula is C17H24BrClN2O. The van der Waals surface area contributed by atoms with Gasteiger partial charge in [0.05, 0.1) is 0 Å². The van der Waals surface area contributed by atoms with Crippen LogP contribution < -0.4 is 10.6 Å². The first-order valence-electron chi connectivity index (χ1n) is 7.81. The van der Waals surface area contributed by atoms with Crippen LogP contribution in [0.4, 0.5) is 0 Å². The highest BCUT2D eigenvalue weighted by atomic mass is 79.9. The fourth-order valence-electron chi connectivity index (χ4n) is 3.23. The average Bonchev–Trinajstić information content (AvgIpc) is 3.26. The van der Waals surface area contributed by atoms with Gasteiger partial charge in [-0.25, -0.2) is 0 Å². The number of hydrogen-bond acceptors (Lipinski definition) is 2. The van der Waals surface area contributed by atoms with Crippen LogP contribution in [0.25, 0.3) is 0 Å². The number of carbonyl (C=O) groups excluding carboxylic acids is 1. The van der Waals surface area contributed by atoms with Gasteiger partial charge in [0, 0.05) is 16.9 Å². The van der Waals surface area contributed by atoms with Crippen LogP contribution in [0.5, 0.6) is 0 Å². The highest BCUT2D eigenvalue weighted by molar-refractivity contribution is 9.10. The first kappa shape index (κ1) is 17.8. The zero-order valence-electron chi connectivity index (χ0n) is 12.9. The number of benzene rings is 1. The maximum atomic E-state index is 12.3. The molecule has 3 rings (SSSR count). The largest absolute Gasteiger partial charge is 0.355 e. The van der Waals surface area contributed by atoms with Crippen molar-refractivity contribution in [1.29, 1.82) is 0 Å². The molecule has 3 nitrogen and oxygen atoms in total. The number of hydrogen-bond donors (Lipinski definition) is 2. The van der Waals surface area contributed by atoms with Crippen LogP contribution >= 0.6 is 28.3 Å². The van der Waals surface area contributed by atoms with E-state index in [9.17, 15) is 4.79 Å². The number of carbonyl (C=O) groups is 1. The van der Waals surface area contributed by atoms with Gasteiger partial charge in [-0.05, 0) is 61.4 Å². The Hall–Kier alpha value is -0.580. The fraction of sp³-hybridized carbons (Fsp3) is 0.588. The maximum Gasteiger partial charge on any atom is 0.223 e. The first-order chi connectivity index (χ1) is 10.1. The third-order valence-corrected chi connectivity index (χ3v) is 5.40. The number of rotatable bonds is 4. The molecule has 2 atom stereocenters. The van der Waals surface area contributed by atoms with Gasteiger partial charge in [-0.15, -0.1) is 12.4 Å². The Morgan fingerprint density at radius 2 is 2.14 bits per heavy atom. The minimum Gasteiger partial charge on any atom is -0.355 e. The minimum absolute atomic E-state index is 0. The lowest BCUT2D eigenvalue weighted by Gasteiger charge is -2.34. The van der Waals surface area contributed by atoms with Crippen molar-refractivity contribution in [3.05, 3.63) is 34.3 Å². The summed E-state index contributed by atoms with van der Waals surface area (Å²) in [6.45, 7) is 5.23. The minimum atomic E-state index is 0. The molecule has 0 radical (unpaired) electrons. The zero-order valence-corrected chi connectivity index (χ0v) is 15.3. The van der Waals surface area contributed by atoms with E-state index in [1.54, 1.807) is 0 Å². The van der Waals surface area contributed by atoms with Crippen molar-refractivity contribution in [2.45, 2.75) is 32.1 Å². The predicted molar refractivity (Wildman–Crippen MR) is 95.5 cm³/mol. The summed E-state index contributed by atoms with van der Waals surface area (Å²) in [5, 5.41) is 6.57. The van der Waals surface area contributed by atoms with E-state index >= 15 is 0 Å². The number of nitrogens with one attached hydrogen (secondary N) is 2. The number of piperidine rings is 1. The van der Waals surface area contributed by atoms with Gasteiger partial charge in [0.25, 0.3) is 0 Å². The summed E-state index contributed by atoms with van der Waals surface area (Å²) >= 11 is 3.50. The lowest BCUT2D eigenvalue weighted by molar-refractivity contribution is -0.123. The molecule has 0 bridgehead atoms. The summed E-state index contributed by atoms with van der Waals surface area (Å²) in [7, 11) is 0. The van der Waals surface area contributed by atoms with Crippen LogP contribution in [0.1, 0.15) is 37.7 Å². The fourth-order valence-corrected chi connectivity index (χ4v) is 3.65. The normalized spacial score (nSPS) is 25.9. The molecule has 22 heavy (non-hydrogen) atoms. The van der Waals surface area contributed by atoms with E-state index in [1.807, 2.05) is 12.1 Å². The summed E-state index contributed by atoms with van der Waals surface area (Å²) in [6, 6.07) is 8.32. The van der Waals surface area contributed by atoms with Gasteiger partial charge in [0.1, 0.15) is 0 Å². The molecule has 1 aliphatic carbocycles. The molecule has 2 unspecified atom stereocenters.